The molecule has 0 heterocycles. The van der Waals surface area contributed by atoms with Crippen molar-refractivity contribution in [1.29, 1.82) is 0 Å². The van der Waals surface area contributed by atoms with E-state index in [1.165, 1.54) is 244 Å². The molecule has 0 aliphatic rings. The van der Waals surface area contributed by atoms with Crippen molar-refractivity contribution in [2.75, 3.05) is 20.3 Å². The lowest BCUT2D eigenvalue weighted by atomic mass is 10.0. The Morgan fingerprint density at radius 3 is 0.873 bits per heavy atom. The predicted octanol–water partition coefficient (Wildman–Crippen LogP) is 18.2. The molecule has 376 valence electrons. The summed E-state index contributed by atoms with van der Waals surface area (Å²) in [4.78, 5) is 34.7. The van der Waals surface area contributed by atoms with Crippen molar-refractivity contribution in [3.05, 3.63) is 0 Å². The van der Waals surface area contributed by atoms with E-state index in [4.69, 9.17) is 14.0 Å². The number of carbonyl (C=O) groups is 2. The number of hydrogen-bond acceptors (Lipinski definition) is 7. The zero-order valence-electron chi connectivity index (χ0n) is 42.3. The topological polar surface area (TPSA) is 108 Å². The predicted molar refractivity (Wildman–Crippen MR) is 267 cm³/mol. The van der Waals surface area contributed by atoms with Gasteiger partial charge in [0, 0.05) is 20.0 Å². The molecule has 2 unspecified atom stereocenters. The van der Waals surface area contributed by atoms with E-state index in [1.54, 1.807) is 0 Å². The number of esters is 2. The molecule has 0 aliphatic carbocycles. The number of hydrogen-bond donors (Lipinski definition) is 1. The van der Waals surface area contributed by atoms with Gasteiger partial charge < -0.3 is 14.4 Å². The summed E-state index contributed by atoms with van der Waals surface area (Å²) in [6, 6.07) is 0. The van der Waals surface area contributed by atoms with Gasteiger partial charge in [0.1, 0.15) is 6.61 Å². The lowest BCUT2D eigenvalue weighted by Crippen LogP contribution is -2.29. The van der Waals surface area contributed by atoms with E-state index < -0.39 is 19.9 Å². The molecule has 0 radical (unpaired) electrons. The van der Waals surface area contributed by atoms with Crippen molar-refractivity contribution in [3.63, 3.8) is 0 Å². The number of rotatable bonds is 53. The van der Waals surface area contributed by atoms with Crippen molar-refractivity contribution in [2.45, 2.75) is 315 Å². The Kier molecular flexibility index (Phi) is 49.7. The van der Waals surface area contributed by atoms with Gasteiger partial charge in [0.2, 0.25) is 0 Å². The van der Waals surface area contributed by atoms with E-state index in [2.05, 4.69) is 18.4 Å². The Balaban J connectivity index is 3.79. The van der Waals surface area contributed by atoms with Gasteiger partial charge in [0.15, 0.2) is 6.10 Å². The minimum Gasteiger partial charge on any atom is -0.462 e. The first-order chi connectivity index (χ1) is 30.8. The van der Waals surface area contributed by atoms with Gasteiger partial charge in [-0.05, 0) is 12.8 Å². The summed E-state index contributed by atoms with van der Waals surface area (Å²) in [6.45, 7) is 3.96. The van der Waals surface area contributed by atoms with Crippen LogP contribution in [0.15, 0.2) is 0 Å². The standard InChI is InChI=1S/C54H107O8P/c1-4-6-8-10-12-14-16-18-20-22-24-26-27-29-31-33-35-37-39-41-43-45-47-49-54(56)62-52(51-61-63(57,58)59-3)50-60-53(55)48-46-44-42-40-38-36-34-32-30-28-25-23-21-19-17-15-13-11-9-7-5-2/h52H,4-51H2,1-3H3,(H,57,58). The average Bonchev–Trinajstić information content (AvgIpc) is 3.28. The monoisotopic (exact) mass is 915 g/mol. The first-order valence-electron chi connectivity index (χ1n) is 27.7. The van der Waals surface area contributed by atoms with E-state index in [9.17, 15) is 19.0 Å². The van der Waals surface area contributed by atoms with Crippen LogP contribution in [0.1, 0.15) is 309 Å². The van der Waals surface area contributed by atoms with Crippen molar-refractivity contribution in [2.24, 2.45) is 0 Å². The first-order valence-corrected chi connectivity index (χ1v) is 29.2. The maximum atomic E-state index is 12.6. The average molecular weight is 915 g/mol. The largest absolute Gasteiger partial charge is 0.472 e. The molecule has 0 aliphatic heterocycles. The molecule has 0 rings (SSSR count). The Hall–Kier alpha value is -0.950. The molecule has 8 nitrogen and oxygen atoms in total. The minimum atomic E-state index is -4.26. The number of phosphoric ester groups is 1. The number of unbranched alkanes of at least 4 members (excludes halogenated alkanes) is 42. The highest BCUT2D eigenvalue weighted by atomic mass is 31.2. The van der Waals surface area contributed by atoms with Gasteiger partial charge in [0.25, 0.3) is 0 Å². The first kappa shape index (κ1) is 62.1. The number of phosphoric acid groups is 1. The van der Waals surface area contributed by atoms with E-state index in [-0.39, 0.29) is 25.6 Å². The zero-order valence-corrected chi connectivity index (χ0v) is 43.2. The molecule has 0 spiro atoms. The molecule has 0 aromatic carbocycles. The smallest absolute Gasteiger partial charge is 0.462 e. The van der Waals surface area contributed by atoms with E-state index in [0.29, 0.717) is 6.42 Å². The van der Waals surface area contributed by atoms with Crippen LogP contribution in [0.25, 0.3) is 0 Å². The quantitative estimate of drug-likeness (QED) is 0.0365. The molecule has 2 atom stereocenters. The molecule has 0 aromatic rings. The second kappa shape index (κ2) is 50.5. The summed E-state index contributed by atoms with van der Waals surface area (Å²) in [5, 5.41) is 0. The van der Waals surface area contributed by atoms with Gasteiger partial charge in [-0.25, -0.2) is 4.57 Å². The van der Waals surface area contributed by atoms with Crippen LogP contribution in [0.5, 0.6) is 0 Å². The van der Waals surface area contributed by atoms with Gasteiger partial charge in [-0.1, -0.05) is 284 Å². The Morgan fingerprint density at radius 1 is 0.381 bits per heavy atom. The molecule has 0 fully saturated rings. The molecule has 0 saturated heterocycles. The van der Waals surface area contributed by atoms with Gasteiger partial charge in [0.05, 0.1) is 6.61 Å². The van der Waals surface area contributed by atoms with E-state index in [1.807, 2.05) is 0 Å². The molecular weight excluding hydrogens is 808 g/mol. The number of ether oxygens (including phenoxy) is 2. The Bertz CT molecular complexity index is 993. The van der Waals surface area contributed by atoms with Crippen LogP contribution in [0.3, 0.4) is 0 Å². The van der Waals surface area contributed by atoms with Crippen LogP contribution in [-0.4, -0.2) is 43.3 Å². The third-order valence-electron chi connectivity index (χ3n) is 12.9. The van der Waals surface area contributed by atoms with Crippen LogP contribution in [0.2, 0.25) is 0 Å². The fraction of sp³-hybridized carbons (Fsp3) is 0.963. The van der Waals surface area contributed by atoms with Gasteiger partial charge in [-0.15, -0.1) is 0 Å². The van der Waals surface area contributed by atoms with Gasteiger partial charge in [-0.3, -0.25) is 18.6 Å². The summed E-state index contributed by atoms with van der Waals surface area (Å²) in [6.07, 6.45) is 57.5. The summed E-state index contributed by atoms with van der Waals surface area (Å²) in [7, 11) is -3.19. The zero-order chi connectivity index (χ0) is 46.0. The highest BCUT2D eigenvalue weighted by Crippen LogP contribution is 2.42. The number of carbonyl (C=O) groups excluding carboxylic acids is 2. The molecule has 1 N–H and O–H groups in total. The highest BCUT2D eigenvalue weighted by molar-refractivity contribution is 7.47. The van der Waals surface area contributed by atoms with E-state index >= 15 is 0 Å². The normalized spacial score (nSPS) is 13.0. The van der Waals surface area contributed by atoms with Crippen molar-refractivity contribution in [1.82, 2.24) is 0 Å². The molecular formula is C54H107O8P. The summed E-state index contributed by atoms with van der Waals surface area (Å²) in [5.74, 6) is -0.778. The van der Waals surface area contributed by atoms with Crippen molar-refractivity contribution < 1.29 is 37.6 Å². The summed E-state index contributed by atoms with van der Waals surface area (Å²) >= 11 is 0. The van der Waals surface area contributed by atoms with Crippen LogP contribution < -0.4 is 0 Å². The van der Waals surface area contributed by atoms with Crippen molar-refractivity contribution in [3.8, 4) is 0 Å². The van der Waals surface area contributed by atoms with Crippen LogP contribution in [0, 0.1) is 0 Å². The lowest BCUT2D eigenvalue weighted by Gasteiger charge is -2.19. The molecule has 0 saturated carbocycles. The third-order valence-corrected chi connectivity index (χ3v) is 13.8. The lowest BCUT2D eigenvalue weighted by molar-refractivity contribution is -0.161. The minimum absolute atomic E-state index is 0.215. The molecule has 63 heavy (non-hydrogen) atoms. The molecule has 0 amide bonds. The molecule has 0 bridgehead atoms. The van der Waals surface area contributed by atoms with Crippen LogP contribution >= 0.6 is 7.82 Å². The highest BCUT2D eigenvalue weighted by Gasteiger charge is 2.24. The van der Waals surface area contributed by atoms with Gasteiger partial charge >= 0.3 is 19.8 Å². The van der Waals surface area contributed by atoms with Crippen molar-refractivity contribution >= 4 is 19.8 Å². The van der Waals surface area contributed by atoms with Crippen LogP contribution in [0.4, 0.5) is 0 Å². The maximum Gasteiger partial charge on any atom is 0.472 e. The third kappa shape index (κ3) is 50.3. The maximum absolute atomic E-state index is 12.6. The summed E-state index contributed by atoms with van der Waals surface area (Å²) in [5.41, 5.74) is 0. The summed E-state index contributed by atoms with van der Waals surface area (Å²) < 4.78 is 32.2. The molecule has 9 heteroatoms. The Morgan fingerprint density at radius 2 is 0.619 bits per heavy atom. The SMILES string of the molecule is CCCCCCCCCCCCCCCCCCCCCCCCCC(=O)OC(COC(=O)CCCCCCCCCCCCCCCCCCCCCCC)COP(=O)(O)OC. The Labute approximate surface area is 391 Å². The molecule has 0 aromatic heterocycles. The second-order valence-corrected chi connectivity index (χ2v) is 20.7. The second-order valence-electron chi connectivity index (χ2n) is 19.1. The van der Waals surface area contributed by atoms with Gasteiger partial charge in [-0.2, -0.15) is 0 Å². The fourth-order valence-corrected chi connectivity index (χ4v) is 9.07. The van der Waals surface area contributed by atoms with Crippen LogP contribution in [-0.2, 0) is 32.7 Å². The van der Waals surface area contributed by atoms with E-state index in [0.717, 1.165) is 45.6 Å². The fourth-order valence-electron chi connectivity index (χ4n) is 8.61.